The van der Waals surface area contributed by atoms with Crippen molar-refractivity contribution >= 4 is 50.9 Å². The minimum absolute atomic E-state index is 0.168. The van der Waals surface area contributed by atoms with Crippen molar-refractivity contribution in [2.75, 3.05) is 17.7 Å². The predicted octanol–water partition coefficient (Wildman–Crippen LogP) is 4.20. The molecule has 1 amide bonds. The van der Waals surface area contributed by atoms with Crippen LogP contribution in [0.1, 0.15) is 17.3 Å². The number of nitrogens with zero attached hydrogens (tertiary/aromatic N) is 1. The third-order valence-corrected chi connectivity index (χ3v) is 5.28. The lowest BCUT2D eigenvalue weighted by molar-refractivity contribution is -0.113. The summed E-state index contributed by atoms with van der Waals surface area (Å²) in [6.45, 7) is 2.05. The molecule has 0 aliphatic carbocycles. The highest BCUT2D eigenvalue weighted by atomic mass is 32.2. The van der Waals surface area contributed by atoms with E-state index in [-0.39, 0.29) is 11.7 Å². The summed E-state index contributed by atoms with van der Waals surface area (Å²) in [5.74, 6) is -0.348. The van der Waals surface area contributed by atoms with E-state index < -0.39 is 5.97 Å². The Morgan fingerprint density at radius 3 is 2.92 bits per heavy atom. The van der Waals surface area contributed by atoms with Crippen molar-refractivity contribution in [3.63, 3.8) is 0 Å². The minimum atomic E-state index is -0.424. The molecule has 0 bridgehead atoms. The summed E-state index contributed by atoms with van der Waals surface area (Å²) in [6.07, 6.45) is 1.74. The number of anilines is 1. The van der Waals surface area contributed by atoms with E-state index in [2.05, 4.69) is 10.3 Å². The summed E-state index contributed by atoms with van der Waals surface area (Å²) < 4.78 is 4.99. The second-order valence-electron chi connectivity index (χ2n) is 5.05. The van der Waals surface area contributed by atoms with E-state index in [0.29, 0.717) is 17.2 Å². The molecular formula is C18H16N2O3S2. The molecule has 2 aromatic heterocycles. The number of ether oxygens (including phenoxy) is 1. The average Bonchev–Trinajstić information content (AvgIpc) is 3.08. The first-order chi connectivity index (χ1) is 12.2. The quantitative estimate of drug-likeness (QED) is 0.519. The number of thioether (sulfide) groups is 1. The van der Waals surface area contributed by atoms with Crippen molar-refractivity contribution in [3.05, 3.63) is 53.5 Å². The fourth-order valence-corrected chi connectivity index (χ4v) is 3.91. The van der Waals surface area contributed by atoms with Gasteiger partial charge in [-0.15, -0.1) is 23.1 Å². The fraction of sp³-hybridized carbons (Fsp3) is 0.167. The minimum Gasteiger partial charge on any atom is -0.462 e. The van der Waals surface area contributed by atoms with E-state index in [9.17, 15) is 9.59 Å². The molecule has 0 saturated carbocycles. The number of hydrogen-bond acceptors (Lipinski definition) is 6. The van der Waals surface area contributed by atoms with E-state index in [4.69, 9.17) is 4.74 Å². The highest BCUT2D eigenvalue weighted by Crippen LogP contribution is 2.28. The standard InChI is InChI=1S/C18H16N2O3S2/c1-2-23-18(22)13-8-10-24-17(13)20-16(21)11-25-15-7-9-19-14-6-4-3-5-12(14)15/h3-10H,2,11H2,1H3,(H,20,21). The van der Waals surface area contributed by atoms with Crippen molar-refractivity contribution in [2.45, 2.75) is 11.8 Å². The molecule has 0 unspecified atom stereocenters. The summed E-state index contributed by atoms with van der Waals surface area (Å²) in [5.41, 5.74) is 1.29. The van der Waals surface area contributed by atoms with Crippen LogP contribution in [0, 0.1) is 0 Å². The molecule has 0 saturated heterocycles. The van der Waals surface area contributed by atoms with Gasteiger partial charge in [0.15, 0.2) is 0 Å². The average molecular weight is 372 g/mol. The van der Waals surface area contributed by atoms with Gasteiger partial charge in [0.05, 0.1) is 23.4 Å². The van der Waals surface area contributed by atoms with E-state index in [1.807, 2.05) is 30.3 Å². The van der Waals surface area contributed by atoms with Gasteiger partial charge in [0.2, 0.25) is 5.91 Å². The normalized spacial score (nSPS) is 10.6. The molecule has 1 N–H and O–H groups in total. The van der Waals surface area contributed by atoms with Crippen LogP contribution < -0.4 is 5.32 Å². The first-order valence-corrected chi connectivity index (χ1v) is 9.56. The van der Waals surface area contributed by atoms with Crippen molar-refractivity contribution in [2.24, 2.45) is 0 Å². The third kappa shape index (κ3) is 4.18. The van der Waals surface area contributed by atoms with E-state index >= 15 is 0 Å². The number of rotatable bonds is 6. The number of nitrogens with one attached hydrogen (secondary N) is 1. The third-order valence-electron chi connectivity index (χ3n) is 3.38. The van der Waals surface area contributed by atoms with Crippen LogP contribution in [0.3, 0.4) is 0 Å². The zero-order valence-electron chi connectivity index (χ0n) is 13.5. The highest BCUT2D eigenvalue weighted by molar-refractivity contribution is 8.00. The molecule has 1 aromatic carbocycles. The van der Waals surface area contributed by atoms with Crippen molar-refractivity contribution in [3.8, 4) is 0 Å². The first-order valence-electron chi connectivity index (χ1n) is 7.70. The van der Waals surface area contributed by atoms with Crippen molar-refractivity contribution in [1.82, 2.24) is 4.98 Å². The van der Waals surface area contributed by atoms with Crippen LogP contribution in [0.5, 0.6) is 0 Å². The van der Waals surface area contributed by atoms with Gasteiger partial charge < -0.3 is 10.1 Å². The lowest BCUT2D eigenvalue weighted by atomic mass is 10.2. The summed E-state index contributed by atoms with van der Waals surface area (Å²) in [7, 11) is 0. The Balaban J connectivity index is 1.66. The topological polar surface area (TPSA) is 68.3 Å². The summed E-state index contributed by atoms with van der Waals surface area (Å²) in [6, 6.07) is 11.4. The molecule has 7 heteroatoms. The molecule has 128 valence electrons. The smallest absolute Gasteiger partial charge is 0.341 e. The molecule has 0 spiro atoms. The molecule has 0 radical (unpaired) electrons. The number of benzene rings is 1. The van der Waals surface area contributed by atoms with Gasteiger partial charge >= 0.3 is 5.97 Å². The van der Waals surface area contributed by atoms with Crippen molar-refractivity contribution in [1.29, 1.82) is 0 Å². The molecule has 25 heavy (non-hydrogen) atoms. The van der Waals surface area contributed by atoms with Gasteiger partial charge in [0, 0.05) is 16.5 Å². The number of esters is 1. The van der Waals surface area contributed by atoms with Gasteiger partial charge in [-0.05, 0) is 30.5 Å². The number of thiophene rings is 1. The number of carbonyl (C=O) groups is 2. The molecule has 0 aliphatic heterocycles. The van der Waals surface area contributed by atoms with Crippen LogP contribution in [0.2, 0.25) is 0 Å². The highest BCUT2D eigenvalue weighted by Gasteiger charge is 2.16. The van der Waals surface area contributed by atoms with Crippen LogP contribution in [0.25, 0.3) is 10.9 Å². The number of para-hydroxylation sites is 1. The van der Waals surface area contributed by atoms with Gasteiger partial charge in [-0.3, -0.25) is 9.78 Å². The SMILES string of the molecule is CCOC(=O)c1ccsc1NC(=O)CSc1ccnc2ccccc12. The molecule has 3 rings (SSSR count). The van der Waals surface area contributed by atoms with Gasteiger partial charge in [-0.25, -0.2) is 4.79 Å². The number of fused-ring (bicyclic) bond motifs is 1. The van der Waals surface area contributed by atoms with Crippen LogP contribution >= 0.6 is 23.1 Å². The Morgan fingerprint density at radius 2 is 2.08 bits per heavy atom. The Kier molecular flexibility index (Phi) is 5.67. The number of carbonyl (C=O) groups excluding carboxylic acids is 2. The lowest BCUT2D eigenvalue weighted by Crippen LogP contribution is -2.16. The van der Waals surface area contributed by atoms with Gasteiger partial charge in [0.25, 0.3) is 0 Å². The molecule has 0 atom stereocenters. The Hall–Kier alpha value is -2.38. The second-order valence-corrected chi connectivity index (χ2v) is 6.98. The number of amides is 1. The van der Waals surface area contributed by atoms with Crippen LogP contribution in [0.15, 0.2) is 52.9 Å². The summed E-state index contributed by atoms with van der Waals surface area (Å²) in [4.78, 5) is 29.4. The van der Waals surface area contributed by atoms with Gasteiger partial charge in [0.1, 0.15) is 5.00 Å². The van der Waals surface area contributed by atoms with Gasteiger partial charge in [-0.2, -0.15) is 0 Å². The maximum atomic E-state index is 12.3. The molecular weight excluding hydrogens is 356 g/mol. The van der Waals surface area contributed by atoms with Crippen molar-refractivity contribution < 1.29 is 14.3 Å². The van der Waals surface area contributed by atoms with Crippen LogP contribution in [0.4, 0.5) is 5.00 Å². The van der Waals surface area contributed by atoms with Crippen LogP contribution in [-0.2, 0) is 9.53 Å². The van der Waals surface area contributed by atoms with Crippen LogP contribution in [-0.4, -0.2) is 29.2 Å². The molecule has 2 heterocycles. The first kappa shape index (κ1) is 17.4. The lowest BCUT2D eigenvalue weighted by Gasteiger charge is -2.07. The maximum absolute atomic E-state index is 12.3. The molecule has 0 fully saturated rings. The molecule has 0 aliphatic rings. The number of aromatic nitrogens is 1. The number of hydrogen-bond donors (Lipinski definition) is 1. The fourth-order valence-electron chi connectivity index (χ4n) is 2.28. The van der Waals surface area contributed by atoms with E-state index in [1.54, 1.807) is 24.6 Å². The zero-order valence-corrected chi connectivity index (χ0v) is 15.2. The largest absolute Gasteiger partial charge is 0.462 e. The predicted molar refractivity (Wildman–Crippen MR) is 101 cm³/mol. The maximum Gasteiger partial charge on any atom is 0.341 e. The monoisotopic (exact) mass is 372 g/mol. The van der Waals surface area contributed by atoms with Gasteiger partial charge in [-0.1, -0.05) is 18.2 Å². The van der Waals surface area contributed by atoms with E-state index in [0.717, 1.165) is 15.8 Å². The zero-order chi connectivity index (χ0) is 17.6. The Morgan fingerprint density at radius 1 is 1.24 bits per heavy atom. The summed E-state index contributed by atoms with van der Waals surface area (Å²) >= 11 is 2.75. The molecule has 5 nitrogen and oxygen atoms in total. The summed E-state index contributed by atoms with van der Waals surface area (Å²) in [5, 5.41) is 6.08. The molecule has 3 aromatic rings. The second kappa shape index (κ2) is 8.13. The Bertz CT molecular complexity index is 903. The van der Waals surface area contributed by atoms with E-state index in [1.165, 1.54) is 23.1 Å². The Labute approximate surface area is 153 Å². The number of pyridine rings is 1.